The molecule has 0 spiro atoms. The predicted octanol–water partition coefficient (Wildman–Crippen LogP) is 0.640. The largest absolute Gasteiger partial charge is 0.367 e. The van der Waals surface area contributed by atoms with E-state index >= 15 is 0 Å². The number of carbonyl (C=O) groups excluding carboxylic acids is 3. The summed E-state index contributed by atoms with van der Waals surface area (Å²) in [5.41, 5.74) is 7.02. The van der Waals surface area contributed by atoms with Gasteiger partial charge in [0.15, 0.2) is 6.17 Å². The zero-order chi connectivity index (χ0) is 17.6. The fourth-order valence-corrected chi connectivity index (χ4v) is 4.02. The van der Waals surface area contributed by atoms with Crippen molar-refractivity contribution in [2.75, 3.05) is 22.9 Å². The van der Waals surface area contributed by atoms with Gasteiger partial charge in [-0.2, -0.15) is 0 Å². The van der Waals surface area contributed by atoms with Crippen LogP contribution in [-0.2, 0) is 14.4 Å². The Morgan fingerprint density at radius 1 is 1.04 bits per heavy atom. The molecular weight excluding hydrogens is 320 g/mol. The van der Waals surface area contributed by atoms with Crippen LogP contribution in [0.2, 0.25) is 0 Å². The predicted molar refractivity (Wildman–Crippen MR) is 92.5 cm³/mol. The molecule has 0 aliphatic carbocycles. The van der Waals surface area contributed by atoms with E-state index < -0.39 is 12.1 Å². The summed E-state index contributed by atoms with van der Waals surface area (Å²) < 4.78 is 0. The van der Waals surface area contributed by atoms with Crippen molar-refractivity contribution in [2.24, 2.45) is 5.73 Å². The maximum Gasteiger partial charge on any atom is 0.255 e. The Kier molecular flexibility index (Phi) is 3.95. The number of piperidine rings is 1. The second-order valence-corrected chi connectivity index (χ2v) is 6.71. The third-order valence-corrected chi connectivity index (χ3v) is 5.20. The van der Waals surface area contributed by atoms with Crippen LogP contribution in [0.15, 0.2) is 24.3 Å². The number of rotatable bonds is 3. The summed E-state index contributed by atoms with van der Waals surface area (Å²) in [6, 6.07) is 6.86. The first-order chi connectivity index (χ1) is 12.1. The SMILES string of the molecule is NC(=O)C1N(c2ccc(N3CCCCC3=O)cc2)C(=O)[C@@H]2[CH]CCN12. The summed E-state index contributed by atoms with van der Waals surface area (Å²) in [4.78, 5) is 41.8. The minimum atomic E-state index is -0.751. The van der Waals surface area contributed by atoms with E-state index in [9.17, 15) is 14.4 Å². The number of primary amides is 1. The molecule has 2 N–H and O–H groups in total. The Labute approximate surface area is 146 Å². The van der Waals surface area contributed by atoms with Gasteiger partial charge < -0.3 is 10.6 Å². The fourth-order valence-electron chi connectivity index (χ4n) is 4.02. The normalized spacial score (nSPS) is 27.0. The molecule has 2 atom stereocenters. The van der Waals surface area contributed by atoms with E-state index in [0.29, 0.717) is 18.7 Å². The molecular formula is C18H21N4O3. The summed E-state index contributed by atoms with van der Waals surface area (Å²) in [6.07, 6.45) is 4.46. The number of amides is 3. The quantitative estimate of drug-likeness (QED) is 0.874. The third kappa shape index (κ3) is 2.59. The highest BCUT2D eigenvalue weighted by Crippen LogP contribution is 2.34. The summed E-state index contributed by atoms with van der Waals surface area (Å²) in [5.74, 6) is -0.522. The van der Waals surface area contributed by atoms with Gasteiger partial charge in [0.1, 0.15) is 0 Å². The van der Waals surface area contributed by atoms with Gasteiger partial charge in [0, 0.05) is 30.9 Å². The first-order valence-corrected chi connectivity index (χ1v) is 8.70. The molecule has 1 unspecified atom stereocenters. The first-order valence-electron chi connectivity index (χ1n) is 8.70. The average molecular weight is 341 g/mol. The molecule has 0 saturated carbocycles. The molecule has 1 aromatic carbocycles. The lowest BCUT2D eigenvalue weighted by Gasteiger charge is -2.29. The average Bonchev–Trinajstić information content (AvgIpc) is 3.18. The zero-order valence-corrected chi connectivity index (χ0v) is 13.9. The number of carbonyl (C=O) groups is 3. The number of nitrogens with zero attached hydrogens (tertiary/aromatic N) is 3. The van der Waals surface area contributed by atoms with Gasteiger partial charge in [-0.15, -0.1) is 0 Å². The summed E-state index contributed by atoms with van der Waals surface area (Å²) in [6.45, 7) is 1.37. The van der Waals surface area contributed by atoms with Crippen molar-refractivity contribution in [3.8, 4) is 0 Å². The topological polar surface area (TPSA) is 87.0 Å². The van der Waals surface area contributed by atoms with E-state index in [1.807, 2.05) is 23.5 Å². The minimum absolute atomic E-state index is 0.122. The van der Waals surface area contributed by atoms with Crippen LogP contribution in [0.1, 0.15) is 25.7 Å². The Morgan fingerprint density at radius 2 is 1.76 bits per heavy atom. The highest BCUT2D eigenvalue weighted by Gasteiger charge is 2.51. The highest BCUT2D eigenvalue weighted by molar-refractivity contribution is 6.07. The molecule has 0 bridgehead atoms. The zero-order valence-electron chi connectivity index (χ0n) is 13.9. The molecule has 7 nitrogen and oxygen atoms in total. The van der Waals surface area contributed by atoms with E-state index in [4.69, 9.17) is 5.73 Å². The van der Waals surface area contributed by atoms with Crippen molar-refractivity contribution in [1.82, 2.24) is 4.90 Å². The van der Waals surface area contributed by atoms with Crippen LogP contribution in [0.25, 0.3) is 0 Å². The van der Waals surface area contributed by atoms with E-state index in [-0.39, 0.29) is 17.9 Å². The van der Waals surface area contributed by atoms with Crippen LogP contribution in [0, 0.1) is 6.42 Å². The van der Waals surface area contributed by atoms with Crippen molar-refractivity contribution >= 4 is 29.1 Å². The Balaban J connectivity index is 1.61. The highest BCUT2D eigenvalue weighted by atomic mass is 16.2. The second-order valence-electron chi connectivity index (χ2n) is 6.71. The van der Waals surface area contributed by atoms with Crippen LogP contribution >= 0.6 is 0 Å². The molecule has 131 valence electrons. The number of fused-ring (bicyclic) bond motifs is 1. The molecule has 1 aromatic rings. The third-order valence-electron chi connectivity index (χ3n) is 5.20. The summed E-state index contributed by atoms with van der Waals surface area (Å²) in [7, 11) is 0. The minimum Gasteiger partial charge on any atom is -0.367 e. The molecule has 3 aliphatic heterocycles. The standard InChI is InChI=1S/C18H21N4O3/c19-16(24)17-21-11-3-4-14(21)18(25)22(17)13-8-6-12(7-9-13)20-10-2-1-5-15(20)23/h4,6-9,14,17H,1-3,5,10-11H2,(H2,19,24)/t14-,17?/m0/s1. The Hall–Kier alpha value is -2.41. The Morgan fingerprint density at radius 3 is 2.44 bits per heavy atom. The van der Waals surface area contributed by atoms with Gasteiger partial charge in [0.25, 0.3) is 5.91 Å². The molecule has 0 aromatic heterocycles. The number of benzene rings is 1. The molecule has 3 heterocycles. The van der Waals surface area contributed by atoms with Crippen LogP contribution in [0.4, 0.5) is 11.4 Å². The lowest BCUT2D eigenvalue weighted by atomic mass is 10.1. The van der Waals surface area contributed by atoms with Gasteiger partial charge in [0.05, 0.1) is 6.04 Å². The van der Waals surface area contributed by atoms with Crippen molar-refractivity contribution in [1.29, 1.82) is 0 Å². The van der Waals surface area contributed by atoms with Crippen LogP contribution in [0.3, 0.4) is 0 Å². The van der Waals surface area contributed by atoms with Crippen LogP contribution < -0.4 is 15.5 Å². The lowest BCUT2D eigenvalue weighted by molar-refractivity contribution is -0.122. The second kappa shape index (κ2) is 6.15. The molecule has 3 amide bonds. The molecule has 4 rings (SSSR count). The van der Waals surface area contributed by atoms with E-state index in [0.717, 1.165) is 31.5 Å². The van der Waals surface area contributed by atoms with Gasteiger partial charge in [-0.1, -0.05) is 0 Å². The van der Waals surface area contributed by atoms with Crippen LogP contribution in [-0.4, -0.2) is 47.9 Å². The van der Waals surface area contributed by atoms with Crippen molar-refractivity contribution in [3.63, 3.8) is 0 Å². The number of hydrogen-bond acceptors (Lipinski definition) is 4. The molecule has 3 saturated heterocycles. The van der Waals surface area contributed by atoms with Crippen LogP contribution in [0.5, 0.6) is 0 Å². The smallest absolute Gasteiger partial charge is 0.255 e. The van der Waals surface area contributed by atoms with E-state index in [2.05, 4.69) is 0 Å². The Bertz CT molecular complexity index is 718. The molecule has 7 heteroatoms. The summed E-state index contributed by atoms with van der Waals surface area (Å²) in [5, 5.41) is 0. The van der Waals surface area contributed by atoms with Crippen molar-refractivity contribution in [2.45, 2.75) is 37.9 Å². The first kappa shape index (κ1) is 16.1. The van der Waals surface area contributed by atoms with Crippen molar-refractivity contribution < 1.29 is 14.4 Å². The number of anilines is 2. The van der Waals surface area contributed by atoms with Gasteiger partial charge >= 0.3 is 0 Å². The van der Waals surface area contributed by atoms with E-state index in [1.165, 1.54) is 4.90 Å². The maximum absolute atomic E-state index is 12.7. The van der Waals surface area contributed by atoms with Crippen molar-refractivity contribution in [3.05, 3.63) is 30.7 Å². The van der Waals surface area contributed by atoms with Gasteiger partial charge in [-0.05, 0) is 49.9 Å². The van der Waals surface area contributed by atoms with Gasteiger partial charge in [-0.3, -0.25) is 24.2 Å². The summed E-state index contributed by atoms with van der Waals surface area (Å²) >= 11 is 0. The lowest BCUT2D eigenvalue weighted by Crippen LogP contribution is -2.49. The van der Waals surface area contributed by atoms with Gasteiger partial charge in [0.2, 0.25) is 11.8 Å². The molecule has 3 fully saturated rings. The van der Waals surface area contributed by atoms with Gasteiger partial charge in [-0.25, -0.2) is 0 Å². The van der Waals surface area contributed by atoms with E-state index in [1.54, 1.807) is 17.0 Å². The fraction of sp³-hybridized carbons (Fsp3) is 0.444. The number of nitrogens with two attached hydrogens (primary N) is 1. The monoisotopic (exact) mass is 341 g/mol. The molecule has 3 aliphatic rings. The molecule has 25 heavy (non-hydrogen) atoms. The maximum atomic E-state index is 12.7. The number of hydrogen-bond donors (Lipinski definition) is 1. The molecule has 1 radical (unpaired) electrons.